The Bertz CT molecular complexity index is 534. The molecule has 0 spiro atoms. The van der Waals surface area contributed by atoms with E-state index in [0.29, 0.717) is 11.1 Å². The maximum absolute atomic E-state index is 12.1. The third kappa shape index (κ3) is 3.82. The fourth-order valence-corrected chi connectivity index (χ4v) is 2.61. The number of rotatable bonds is 4. The van der Waals surface area contributed by atoms with Crippen molar-refractivity contribution in [1.82, 2.24) is 10.2 Å². The number of carbonyl (C=O) groups is 2. The van der Waals surface area contributed by atoms with E-state index in [0.717, 1.165) is 25.7 Å². The van der Waals surface area contributed by atoms with Crippen molar-refractivity contribution in [2.24, 2.45) is 0 Å². The summed E-state index contributed by atoms with van der Waals surface area (Å²) in [6.45, 7) is 0.262. The number of hydrogen-bond acceptors (Lipinski definition) is 3. The third-order valence-electron chi connectivity index (χ3n) is 3.89. The molecular weight excluding hydrogens is 268 g/mol. The zero-order valence-electron chi connectivity index (χ0n) is 12.6. The molecule has 0 aliphatic heterocycles. The molecule has 2 amide bonds. The van der Waals surface area contributed by atoms with Crippen molar-refractivity contribution < 1.29 is 14.7 Å². The molecule has 1 aromatic rings. The minimum absolute atomic E-state index is 0.140. The molecule has 0 radical (unpaired) electrons. The molecule has 2 rings (SSSR count). The Kier molecular flexibility index (Phi) is 4.63. The fraction of sp³-hybridized carbons (Fsp3) is 0.500. The summed E-state index contributed by atoms with van der Waals surface area (Å²) in [5, 5.41) is 13.0. The second kappa shape index (κ2) is 6.26. The van der Waals surface area contributed by atoms with Crippen molar-refractivity contribution in [3.63, 3.8) is 0 Å². The van der Waals surface area contributed by atoms with Crippen molar-refractivity contribution in [2.75, 3.05) is 20.6 Å². The van der Waals surface area contributed by atoms with Crippen LogP contribution in [0.1, 0.15) is 46.4 Å². The predicted octanol–water partition coefficient (Wildman–Crippen LogP) is 1.42. The van der Waals surface area contributed by atoms with Crippen molar-refractivity contribution >= 4 is 11.8 Å². The molecule has 1 aromatic carbocycles. The largest absolute Gasteiger partial charge is 0.388 e. The summed E-state index contributed by atoms with van der Waals surface area (Å²) in [6, 6.07) is 6.62. The number of nitrogens with zero attached hydrogens (tertiary/aromatic N) is 1. The van der Waals surface area contributed by atoms with E-state index < -0.39 is 5.60 Å². The van der Waals surface area contributed by atoms with Gasteiger partial charge < -0.3 is 15.3 Å². The molecule has 0 saturated heterocycles. The number of carbonyl (C=O) groups excluding carboxylic acids is 2. The van der Waals surface area contributed by atoms with Crippen molar-refractivity contribution in [3.05, 3.63) is 35.4 Å². The lowest BCUT2D eigenvalue weighted by Crippen LogP contribution is -2.40. The summed E-state index contributed by atoms with van der Waals surface area (Å²) in [4.78, 5) is 25.5. The highest BCUT2D eigenvalue weighted by atomic mass is 16.3. The summed E-state index contributed by atoms with van der Waals surface area (Å²) >= 11 is 0. The molecule has 5 heteroatoms. The van der Waals surface area contributed by atoms with Crippen LogP contribution in [0, 0.1) is 0 Å². The average Bonchev–Trinajstić information content (AvgIpc) is 2.91. The first-order chi connectivity index (χ1) is 9.91. The van der Waals surface area contributed by atoms with E-state index >= 15 is 0 Å². The van der Waals surface area contributed by atoms with E-state index in [1.807, 2.05) is 0 Å². The van der Waals surface area contributed by atoms with Gasteiger partial charge in [0.2, 0.25) is 0 Å². The summed E-state index contributed by atoms with van der Waals surface area (Å²) in [6.07, 6.45) is 3.46. The molecule has 114 valence electrons. The lowest BCUT2D eigenvalue weighted by Gasteiger charge is -2.22. The molecule has 0 heterocycles. The van der Waals surface area contributed by atoms with Crippen LogP contribution in [-0.4, -0.2) is 48.1 Å². The maximum atomic E-state index is 12.1. The predicted molar refractivity (Wildman–Crippen MR) is 80.2 cm³/mol. The third-order valence-corrected chi connectivity index (χ3v) is 3.89. The Balaban J connectivity index is 2.02. The number of nitrogens with one attached hydrogen (secondary N) is 1. The molecule has 0 unspecified atom stereocenters. The first-order valence-electron chi connectivity index (χ1n) is 7.24. The average molecular weight is 290 g/mol. The number of benzene rings is 1. The maximum Gasteiger partial charge on any atom is 0.253 e. The van der Waals surface area contributed by atoms with Crippen molar-refractivity contribution in [1.29, 1.82) is 0 Å². The summed E-state index contributed by atoms with van der Waals surface area (Å²) in [5.41, 5.74) is 0.142. The van der Waals surface area contributed by atoms with Crippen LogP contribution in [0.15, 0.2) is 24.3 Å². The minimum atomic E-state index is -0.771. The van der Waals surface area contributed by atoms with E-state index in [1.165, 1.54) is 4.90 Å². The van der Waals surface area contributed by atoms with Gasteiger partial charge in [0.25, 0.3) is 11.8 Å². The number of amides is 2. The Morgan fingerprint density at radius 1 is 1.24 bits per heavy atom. The van der Waals surface area contributed by atoms with Gasteiger partial charge in [0.15, 0.2) is 0 Å². The molecule has 1 aliphatic rings. The van der Waals surface area contributed by atoms with Crippen LogP contribution in [0.2, 0.25) is 0 Å². The topological polar surface area (TPSA) is 69.6 Å². The highest BCUT2D eigenvalue weighted by Crippen LogP contribution is 2.28. The van der Waals surface area contributed by atoms with Gasteiger partial charge >= 0.3 is 0 Å². The van der Waals surface area contributed by atoms with Gasteiger partial charge in [-0.25, -0.2) is 0 Å². The molecule has 2 N–H and O–H groups in total. The van der Waals surface area contributed by atoms with Gasteiger partial charge in [0, 0.05) is 31.8 Å². The first-order valence-corrected chi connectivity index (χ1v) is 7.24. The standard InChI is InChI=1S/C16H22N2O3/c1-18(2)15(20)13-7-5-6-12(10-13)14(19)17-11-16(21)8-3-4-9-16/h5-7,10,21H,3-4,8-9,11H2,1-2H3,(H,17,19). The van der Waals surface area contributed by atoms with Gasteiger partial charge in [0.1, 0.15) is 0 Å². The van der Waals surface area contributed by atoms with Crippen LogP contribution in [0.3, 0.4) is 0 Å². The van der Waals surface area contributed by atoms with Crippen LogP contribution < -0.4 is 5.32 Å². The molecule has 21 heavy (non-hydrogen) atoms. The smallest absolute Gasteiger partial charge is 0.253 e. The lowest BCUT2D eigenvalue weighted by atomic mass is 10.0. The zero-order valence-corrected chi connectivity index (χ0v) is 12.6. The van der Waals surface area contributed by atoms with E-state index in [-0.39, 0.29) is 18.4 Å². The Labute approximate surface area is 125 Å². The highest BCUT2D eigenvalue weighted by Gasteiger charge is 2.31. The van der Waals surface area contributed by atoms with Gasteiger partial charge in [-0.1, -0.05) is 18.9 Å². The van der Waals surface area contributed by atoms with Gasteiger partial charge in [-0.3, -0.25) is 9.59 Å². The quantitative estimate of drug-likeness (QED) is 0.881. The molecule has 1 aliphatic carbocycles. The van der Waals surface area contributed by atoms with Crippen LogP contribution in [-0.2, 0) is 0 Å². The molecule has 1 fully saturated rings. The van der Waals surface area contributed by atoms with E-state index in [2.05, 4.69) is 5.32 Å². The van der Waals surface area contributed by atoms with Crippen molar-refractivity contribution in [2.45, 2.75) is 31.3 Å². The van der Waals surface area contributed by atoms with Gasteiger partial charge in [-0.15, -0.1) is 0 Å². The van der Waals surface area contributed by atoms with E-state index in [1.54, 1.807) is 38.4 Å². The van der Waals surface area contributed by atoms with Gasteiger partial charge in [0.05, 0.1) is 5.60 Å². The lowest BCUT2D eigenvalue weighted by molar-refractivity contribution is 0.0449. The van der Waals surface area contributed by atoms with Crippen LogP contribution in [0.4, 0.5) is 0 Å². The highest BCUT2D eigenvalue weighted by molar-refractivity contribution is 5.99. The molecule has 0 bridgehead atoms. The summed E-state index contributed by atoms with van der Waals surface area (Å²) in [5.74, 6) is -0.400. The first kappa shape index (κ1) is 15.5. The van der Waals surface area contributed by atoms with Crippen LogP contribution in [0.25, 0.3) is 0 Å². The van der Waals surface area contributed by atoms with E-state index in [9.17, 15) is 14.7 Å². The molecule has 0 atom stereocenters. The van der Waals surface area contributed by atoms with Crippen LogP contribution >= 0.6 is 0 Å². The molecule has 0 aromatic heterocycles. The Morgan fingerprint density at radius 2 is 1.86 bits per heavy atom. The van der Waals surface area contributed by atoms with Crippen molar-refractivity contribution in [3.8, 4) is 0 Å². The number of aliphatic hydroxyl groups is 1. The zero-order chi connectivity index (χ0) is 15.5. The van der Waals surface area contributed by atoms with Gasteiger partial charge in [-0.2, -0.15) is 0 Å². The minimum Gasteiger partial charge on any atom is -0.388 e. The second-order valence-electron chi connectivity index (χ2n) is 5.89. The Hall–Kier alpha value is -1.88. The molecule has 1 saturated carbocycles. The normalized spacial score (nSPS) is 16.5. The fourth-order valence-electron chi connectivity index (χ4n) is 2.61. The Morgan fingerprint density at radius 3 is 2.48 bits per heavy atom. The summed E-state index contributed by atoms with van der Waals surface area (Å²) < 4.78 is 0. The number of hydrogen-bond donors (Lipinski definition) is 2. The summed E-state index contributed by atoms with van der Waals surface area (Å²) in [7, 11) is 3.34. The SMILES string of the molecule is CN(C)C(=O)c1cccc(C(=O)NCC2(O)CCCC2)c1. The second-order valence-corrected chi connectivity index (χ2v) is 5.89. The van der Waals surface area contributed by atoms with Crippen LogP contribution in [0.5, 0.6) is 0 Å². The monoisotopic (exact) mass is 290 g/mol. The van der Waals surface area contributed by atoms with E-state index in [4.69, 9.17) is 0 Å². The molecular formula is C16H22N2O3. The van der Waals surface area contributed by atoms with Gasteiger partial charge in [-0.05, 0) is 31.0 Å². The molecule has 5 nitrogen and oxygen atoms in total.